The molecule has 1 nitrogen and oxygen atoms in total. The van der Waals surface area contributed by atoms with E-state index < -0.39 is 0 Å². The Labute approximate surface area is 88.8 Å². The van der Waals surface area contributed by atoms with E-state index in [-0.39, 0.29) is 5.78 Å². The van der Waals surface area contributed by atoms with Gasteiger partial charge in [0.05, 0.1) is 0 Å². The first-order valence-electron chi connectivity index (χ1n) is 4.61. The minimum Gasteiger partial charge on any atom is -0.295 e. The maximum Gasteiger partial charge on any atom is 0.156 e. The Hall–Kier alpha value is 0.140. The van der Waals surface area contributed by atoms with Crippen molar-refractivity contribution >= 4 is 28.4 Å². The topological polar surface area (TPSA) is 17.1 Å². The maximum atomic E-state index is 11.0. The number of unbranched alkanes of at least 4 members (excludes halogenated alkanes) is 4. The summed E-state index contributed by atoms with van der Waals surface area (Å²) in [7, 11) is 0. The van der Waals surface area contributed by atoms with Crippen molar-refractivity contribution in [2.24, 2.45) is 0 Å². The highest BCUT2D eigenvalue weighted by Crippen LogP contribution is 2.05. The molecule has 0 heterocycles. The second-order valence-corrected chi connectivity index (χ2v) is 3.64. The average molecular weight is 280 g/mol. The van der Waals surface area contributed by atoms with Crippen LogP contribution in [0.1, 0.15) is 45.4 Å². The number of halogens is 1. The smallest absolute Gasteiger partial charge is 0.156 e. The van der Waals surface area contributed by atoms with Crippen LogP contribution in [0, 0.1) is 0 Å². The summed E-state index contributed by atoms with van der Waals surface area (Å²) in [5.41, 5.74) is 0. The van der Waals surface area contributed by atoms with Crippen LogP contribution < -0.4 is 0 Å². The monoisotopic (exact) mass is 280 g/mol. The highest BCUT2D eigenvalue weighted by Gasteiger charge is 1.95. The molecule has 0 atom stereocenters. The lowest BCUT2D eigenvalue weighted by atomic mass is 10.1. The van der Waals surface area contributed by atoms with Gasteiger partial charge >= 0.3 is 0 Å². The van der Waals surface area contributed by atoms with Gasteiger partial charge in [-0.25, -0.2) is 0 Å². The third-order valence-corrected chi connectivity index (χ3v) is 2.14. The van der Waals surface area contributed by atoms with E-state index in [1.165, 1.54) is 25.7 Å². The quantitative estimate of drug-likeness (QED) is 0.393. The first-order chi connectivity index (χ1) is 5.81. The molecular weight excluding hydrogens is 263 g/mol. The molecule has 0 aliphatic heterocycles. The van der Waals surface area contributed by atoms with Crippen molar-refractivity contribution in [1.29, 1.82) is 0 Å². The lowest BCUT2D eigenvalue weighted by molar-refractivity contribution is -0.114. The number of hydrogen-bond donors (Lipinski definition) is 0. The lowest BCUT2D eigenvalue weighted by Crippen LogP contribution is -1.91. The fraction of sp³-hybridized carbons (Fsp3) is 0.700. The van der Waals surface area contributed by atoms with Gasteiger partial charge in [-0.3, -0.25) is 4.79 Å². The summed E-state index contributed by atoms with van der Waals surface area (Å²) in [6, 6.07) is 0. The zero-order chi connectivity index (χ0) is 9.23. The molecule has 0 aromatic rings. The van der Waals surface area contributed by atoms with Gasteiger partial charge in [0, 0.05) is 6.42 Å². The largest absolute Gasteiger partial charge is 0.295 e. The Bertz CT molecular complexity index is 141. The van der Waals surface area contributed by atoms with E-state index in [2.05, 4.69) is 29.5 Å². The van der Waals surface area contributed by atoms with Crippen molar-refractivity contribution in [1.82, 2.24) is 0 Å². The second kappa shape index (κ2) is 9.23. The normalized spacial score (nSPS) is 10.8. The fourth-order valence-electron chi connectivity index (χ4n) is 1.06. The van der Waals surface area contributed by atoms with E-state index in [4.69, 9.17) is 0 Å². The van der Waals surface area contributed by atoms with Crippen LogP contribution in [0.25, 0.3) is 0 Å². The van der Waals surface area contributed by atoms with Crippen LogP contribution in [0.5, 0.6) is 0 Å². The number of ketones is 1. The van der Waals surface area contributed by atoms with Crippen molar-refractivity contribution < 1.29 is 4.79 Å². The van der Waals surface area contributed by atoms with Crippen LogP contribution in [-0.4, -0.2) is 5.78 Å². The summed E-state index contributed by atoms with van der Waals surface area (Å²) in [5, 5.41) is 0. The van der Waals surface area contributed by atoms with Crippen LogP contribution in [-0.2, 0) is 4.79 Å². The van der Waals surface area contributed by atoms with E-state index in [1.807, 2.05) is 0 Å². The van der Waals surface area contributed by atoms with E-state index in [1.54, 1.807) is 10.2 Å². The highest BCUT2D eigenvalue weighted by atomic mass is 127. The van der Waals surface area contributed by atoms with Crippen molar-refractivity contribution in [3.05, 3.63) is 10.2 Å². The predicted octanol–water partition coefficient (Wildman–Crippen LogP) is 3.86. The van der Waals surface area contributed by atoms with Crippen molar-refractivity contribution in [2.45, 2.75) is 45.4 Å². The Morgan fingerprint density at radius 2 is 1.92 bits per heavy atom. The molecule has 12 heavy (non-hydrogen) atoms. The minimum absolute atomic E-state index is 0.265. The first kappa shape index (κ1) is 12.1. The molecule has 0 rings (SSSR count). The minimum atomic E-state index is 0.265. The van der Waals surface area contributed by atoms with Crippen LogP contribution in [0.3, 0.4) is 0 Å². The van der Waals surface area contributed by atoms with Crippen LogP contribution in [0.15, 0.2) is 10.2 Å². The molecule has 0 aliphatic rings. The Balaban J connectivity index is 3.14. The first-order valence-corrected chi connectivity index (χ1v) is 5.85. The molecule has 0 N–H and O–H groups in total. The second-order valence-electron chi connectivity index (χ2n) is 2.92. The standard InChI is InChI=1S/C10H17IO/c1-2-3-4-5-6-7-10(12)8-9-11/h8-9H,2-7H2,1H3. The average Bonchev–Trinajstić information content (AvgIpc) is 2.05. The molecule has 0 spiro atoms. The number of carbonyl (C=O) groups is 1. The van der Waals surface area contributed by atoms with Crippen molar-refractivity contribution in [2.75, 3.05) is 0 Å². The molecule has 0 aliphatic carbocycles. The molecule has 70 valence electrons. The third kappa shape index (κ3) is 8.24. The highest BCUT2D eigenvalue weighted by molar-refractivity contribution is 14.1. The molecule has 0 amide bonds. The Morgan fingerprint density at radius 1 is 1.25 bits per heavy atom. The summed E-state index contributed by atoms with van der Waals surface area (Å²) < 4.78 is 1.78. The number of allylic oxidation sites excluding steroid dienone is 1. The number of carbonyl (C=O) groups excluding carboxylic acids is 1. The zero-order valence-corrected chi connectivity index (χ0v) is 9.84. The van der Waals surface area contributed by atoms with Gasteiger partial charge in [0.1, 0.15) is 0 Å². The lowest BCUT2D eigenvalue weighted by Gasteiger charge is -1.96. The van der Waals surface area contributed by atoms with E-state index in [0.29, 0.717) is 0 Å². The number of rotatable bonds is 7. The summed E-state index contributed by atoms with van der Waals surface area (Å²) >= 11 is 2.08. The van der Waals surface area contributed by atoms with Gasteiger partial charge in [0.15, 0.2) is 5.78 Å². The van der Waals surface area contributed by atoms with Crippen molar-refractivity contribution in [3.8, 4) is 0 Å². The zero-order valence-electron chi connectivity index (χ0n) is 7.68. The molecule has 0 aromatic carbocycles. The molecule has 0 radical (unpaired) electrons. The van der Waals surface area contributed by atoms with Gasteiger partial charge in [-0.1, -0.05) is 55.2 Å². The van der Waals surface area contributed by atoms with Gasteiger partial charge in [-0.15, -0.1) is 0 Å². The van der Waals surface area contributed by atoms with Crippen LogP contribution in [0.2, 0.25) is 0 Å². The Morgan fingerprint density at radius 3 is 2.50 bits per heavy atom. The molecule has 0 unspecified atom stereocenters. The van der Waals surface area contributed by atoms with Crippen LogP contribution in [0.4, 0.5) is 0 Å². The Kier molecular flexibility index (Phi) is 9.34. The van der Waals surface area contributed by atoms with E-state index in [0.717, 1.165) is 12.8 Å². The number of hydrogen-bond acceptors (Lipinski definition) is 1. The van der Waals surface area contributed by atoms with Gasteiger partial charge in [0.25, 0.3) is 0 Å². The molecule has 0 saturated heterocycles. The van der Waals surface area contributed by atoms with E-state index in [9.17, 15) is 4.79 Å². The fourth-order valence-corrected chi connectivity index (χ4v) is 1.46. The third-order valence-electron chi connectivity index (χ3n) is 1.78. The molecule has 0 aromatic heterocycles. The van der Waals surface area contributed by atoms with Crippen molar-refractivity contribution in [3.63, 3.8) is 0 Å². The predicted molar refractivity (Wildman–Crippen MR) is 61.5 cm³/mol. The summed E-state index contributed by atoms with van der Waals surface area (Å²) in [6.45, 7) is 2.20. The van der Waals surface area contributed by atoms with Gasteiger partial charge in [-0.05, 0) is 16.6 Å². The molecule has 0 fully saturated rings. The van der Waals surface area contributed by atoms with Gasteiger partial charge in [0.2, 0.25) is 0 Å². The summed E-state index contributed by atoms with van der Waals surface area (Å²) in [6.07, 6.45) is 8.48. The molecule has 0 saturated carbocycles. The SMILES string of the molecule is CCCCCCCC(=O)C=CI. The molecule has 0 bridgehead atoms. The maximum absolute atomic E-state index is 11.0. The van der Waals surface area contributed by atoms with Crippen LogP contribution >= 0.6 is 22.6 Å². The van der Waals surface area contributed by atoms with Gasteiger partial charge < -0.3 is 0 Å². The summed E-state index contributed by atoms with van der Waals surface area (Å²) in [4.78, 5) is 11.0. The molecular formula is C10H17IO. The molecule has 2 heteroatoms. The van der Waals surface area contributed by atoms with Gasteiger partial charge in [-0.2, -0.15) is 0 Å². The summed E-state index contributed by atoms with van der Waals surface area (Å²) in [5.74, 6) is 0.265. The van der Waals surface area contributed by atoms with E-state index >= 15 is 0 Å².